The number of oxime groups is 1. The Hall–Kier alpha value is -3.06. The van der Waals surface area contributed by atoms with Crippen molar-refractivity contribution in [3.63, 3.8) is 0 Å². The van der Waals surface area contributed by atoms with Crippen molar-refractivity contribution >= 4 is 29.2 Å². The number of phenols is 1. The zero-order valence-electron chi connectivity index (χ0n) is 20.3. The van der Waals surface area contributed by atoms with Gasteiger partial charge in [-0.2, -0.15) is 0 Å². The quantitative estimate of drug-likeness (QED) is 0.263. The second kappa shape index (κ2) is 12.6. The minimum absolute atomic E-state index is 0.0658. The number of fused-ring (bicyclic) bond motifs is 1. The van der Waals surface area contributed by atoms with Gasteiger partial charge in [0, 0.05) is 19.4 Å². The Morgan fingerprint density at radius 3 is 2.83 bits per heavy atom. The fraction of sp³-hybridized carbons (Fsp3) is 0.444. The summed E-state index contributed by atoms with van der Waals surface area (Å²) in [5.41, 5.74) is 1.17. The van der Waals surface area contributed by atoms with Gasteiger partial charge in [-0.15, -0.1) is 6.58 Å². The Kier molecular flexibility index (Phi) is 9.55. The van der Waals surface area contributed by atoms with Crippen molar-refractivity contribution in [3.8, 4) is 5.75 Å². The van der Waals surface area contributed by atoms with E-state index in [0.29, 0.717) is 30.7 Å². The number of carbonyl (C=O) groups excluding carboxylic acids is 2. The van der Waals surface area contributed by atoms with Crippen molar-refractivity contribution < 1.29 is 24.3 Å². The molecule has 8 heteroatoms. The summed E-state index contributed by atoms with van der Waals surface area (Å²) in [4.78, 5) is 32.1. The highest BCUT2D eigenvalue weighted by Gasteiger charge is 2.24. The molecule has 7 nitrogen and oxygen atoms in total. The van der Waals surface area contributed by atoms with Crippen LogP contribution in [0.2, 0.25) is 5.02 Å². The highest BCUT2D eigenvalue weighted by Crippen LogP contribution is 2.32. The lowest BCUT2D eigenvalue weighted by Crippen LogP contribution is -2.28. The first-order valence-electron chi connectivity index (χ1n) is 12.0. The van der Waals surface area contributed by atoms with Crippen LogP contribution in [0.25, 0.3) is 0 Å². The molecule has 1 saturated heterocycles. The Balaban J connectivity index is 1.90. The van der Waals surface area contributed by atoms with Crippen LogP contribution in [-0.2, 0) is 20.8 Å². The van der Waals surface area contributed by atoms with Crippen molar-refractivity contribution in [2.75, 3.05) is 19.7 Å². The molecule has 3 atom stereocenters. The van der Waals surface area contributed by atoms with Crippen LogP contribution in [0.5, 0.6) is 5.75 Å². The number of amides is 1. The number of benzene rings is 1. The first kappa shape index (κ1) is 26.5. The summed E-state index contributed by atoms with van der Waals surface area (Å²) in [5.74, 6) is -0.216. The molecule has 0 radical (unpaired) electrons. The third-order valence-corrected chi connectivity index (χ3v) is 6.73. The fourth-order valence-corrected chi connectivity index (χ4v) is 4.48. The number of rotatable bonds is 5. The predicted octanol–water partition coefficient (Wildman–Crippen LogP) is 5.08. The number of halogens is 1. The lowest BCUT2D eigenvalue weighted by atomic mass is 9.88. The van der Waals surface area contributed by atoms with Crippen molar-refractivity contribution in [1.29, 1.82) is 0 Å². The Morgan fingerprint density at radius 2 is 2.11 bits per heavy atom. The third-order valence-electron chi connectivity index (χ3n) is 6.31. The van der Waals surface area contributed by atoms with Gasteiger partial charge in [-0.25, -0.2) is 4.79 Å². The molecule has 1 fully saturated rings. The molecule has 35 heavy (non-hydrogen) atoms. The van der Waals surface area contributed by atoms with Gasteiger partial charge in [0.1, 0.15) is 12.4 Å². The Bertz CT molecular complexity index is 1030. The molecule has 1 amide bonds. The second-order valence-electron chi connectivity index (χ2n) is 8.96. The van der Waals surface area contributed by atoms with Crippen molar-refractivity contribution in [1.82, 2.24) is 4.90 Å². The van der Waals surface area contributed by atoms with E-state index in [2.05, 4.69) is 24.7 Å². The van der Waals surface area contributed by atoms with Gasteiger partial charge < -0.3 is 19.6 Å². The van der Waals surface area contributed by atoms with Gasteiger partial charge in [0.25, 0.3) is 0 Å². The van der Waals surface area contributed by atoms with Gasteiger partial charge in [-0.3, -0.25) is 4.79 Å². The van der Waals surface area contributed by atoms with Crippen LogP contribution < -0.4 is 0 Å². The van der Waals surface area contributed by atoms with E-state index in [9.17, 15) is 14.7 Å². The van der Waals surface area contributed by atoms with Crippen LogP contribution in [0.4, 0.5) is 0 Å². The Morgan fingerprint density at radius 1 is 1.31 bits per heavy atom. The summed E-state index contributed by atoms with van der Waals surface area (Å²) >= 11 is 6.41. The minimum atomic E-state index is -0.519. The first-order chi connectivity index (χ1) is 16.8. The lowest BCUT2D eigenvalue weighted by Gasteiger charge is -2.23. The number of allylic oxidation sites excluding steroid dienone is 5. The van der Waals surface area contributed by atoms with Crippen LogP contribution in [0.1, 0.15) is 49.0 Å². The van der Waals surface area contributed by atoms with Gasteiger partial charge in [0.2, 0.25) is 5.91 Å². The summed E-state index contributed by atoms with van der Waals surface area (Å²) in [6, 6.07) is 2.88. The first-order valence-corrected chi connectivity index (χ1v) is 12.3. The number of aromatic hydroxyl groups is 1. The van der Waals surface area contributed by atoms with Crippen LogP contribution in [0.3, 0.4) is 0 Å². The molecule has 2 aliphatic heterocycles. The molecular formula is C27H33ClN2O5. The summed E-state index contributed by atoms with van der Waals surface area (Å²) < 4.78 is 5.72. The maximum absolute atomic E-state index is 13.0. The van der Waals surface area contributed by atoms with Crippen molar-refractivity contribution in [2.24, 2.45) is 17.0 Å². The maximum Gasteiger partial charge on any atom is 0.338 e. The van der Waals surface area contributed by atoms with E-state index in [1.165, 1.54) is 12.1 Å². The second-order valence-corrected chi connectivity index (χ2v) is 9.33. The fourth-order valence-electron chi connectivity index (χ4n) is 4.25. The predicted molar refractivity (Wildman–Crippen MR) is 137 cm³/mol. The average molecular weight is 501 g/mol. The SMILES string of the molecule is C=CC1CC(C)OC(=O)c2ccc(O)c(Cl)c2CC(=N/OCCN2CCCC2=O)/C=C/C=C\C1C. The molecule has 188 valence electrons. The topological polar surface area (TPSA) is 88.4 Å². The number of ether oxygens (including phenoxy) is 1. The van der Waals surface area contributed by atoms with E-state index in [1.54, 1.807) is 11.0 Å². The van der Waals surface area contributed by atoms with Crippen LogP contribution in [0, 0.1) is 11.8 Å². The number of phenolic OH excluding ortho intramolecular Hbond substituents is 1. The number of esters is 1. The van der Waals surface area contributed by atoms with Crippen LogP contribution >= 0.6 is 11.6 Å². The summed E-state index contributed by atoms with van der Waals surface area (Å²) in [6.07, 6.45) is 11.4. The van der Waals surface area contributed by atoms with E-state index >= 15 is 0 Å². The van der Waals surface area contributed by atoms with Crippen molar-refractivity contribution in [2.45, 2.75) is 45.6 Å². The lowest BCUT2D eigenvalue weighted by molar-refractivity contribution is -0.128. The molecular weight excluding hydrogens is 468 g/mol. The largest absolute Gasteiger partial charge is 0.506 e. The van der Waals surface area contributed by atoms with Crippen LogP contribution in [0.15, 0.2) is 54.2 Å². The molecule has 3 unspecified atom stereocenters. The minimum Gasteiger partial charge on any atom is -0.506 e. The normalized spacial score (nSPS) is 26.5. The summed E-state index contributed by atoms with van der Waals surface area (Å²) in [5, 5.41) is 14.5. The van der Waals surface area contributed by atoms with Gasteiger partial charge in [-0.05, 0) is 55.4 Å². The van der Waals surface area contributed by atoms with E-state index < -0.39 is 5.97 Å². The molecule has 2 aliphatic rings. The van der Waals surface area contributed by atoms with Gasteiger partial charge in [-0.1, -0.05) is 48.0 Å². The van der Waals surface area contributed by atoms with Gasteiger partial charge >= 0.3 is 5.97 Å². The van der Waals surface area contributed by atoms with Gasteiger partial charge in [0.05, 0.1) is 28.9 Å². The maximum atomic E-state index is 13.0. The van der Waals surface area contributed by atoms with E-state index in [1.807, 2.05) is 25.2 Å². The number of hydrogen-bond acceptors (Lipinski definition) is 6. The monoisotopic (exact) mass is 500 g/mol. The summed E-state index contributed by atoms with van der Waals surface area (Å²) in [7, 11) is 0. The van der Waals surface area contributed by atoms with E-state index in [-0.39, 0.29) is 53.2 Å². The zero-order chi connectivity index (χ0) is 25.4. The molecule has 0 aromatic heterocycles. The molecule has 0 aliphatic carbocycles. The molecule has 2 heterocycles. The number of hydrogen-bond donors (Lipinski definition) is 1. The number of carbonyl (C=O) groups is 2. The van der Waals surface area contributed by atoms with E-state index in [4.69, 9.17) is 21.2 Å². The molecule has 0 spiro atoms. The van der Waals surface area contributed by atoms with Gasteiger partial charge in [0.15, 0.2) is 0 Å². The zero-order valence-corrected chi connectivity index (χ0v) is 21.0. The Labute approximate surface area is 211 Å². The van der Waals surface area contributed by atoms with Crippen LogP contribution in [-0.4, -0.2) is 53.4 Å². The molecule has 1 aromatic carbocycles. The highest BCUT2D eigenvalue weighted by atomic mass is 35.5. The molecule has 3 rings (SSSR count). The highest BCUT2D eigenvalue weighted by molar-refractivity contribution is 6.33. The third kappa shape index (κ3) is 7.21. The molecule has 1 aromatic rings. The molecule has 0 saturated carbocycles. The summed E-state index contributed by atoms with van der Waals surface area (Å²) in [6.45, 7) is 9.32. The smallest absolute Gasteiger partial charge is 0.338 e. The standard InChI is InChI=1S/C27H33ClN2O5/c1-4-20-16-19(3)35-27(33)22-11-12-24(31)26(28)23(22)17-21(9-6-5-8-18(20)2)29-34-15-14-30-13-7-10-25(30)32/h4-6,8-9,11-12,18-20,31H,1,7,10,13-17H2,2-3H3/b8-5-,9-6+,29-21+. The number of nitrogens with zero attached hydrogens (tertiary/aromatic N) is 2. The molecule has 1 N–H and O–H groups in total. The number of cyclic esters (lactones) is 1. The molecule has 0 bridgehead atoms. The average Bonchev–Trinajstić information content (AvgIpc) is 3.24. The van der Waals surface area contributed by atoms with Crippen molar-refractivity contribution in [3.05, 3.63) is 65.2 Å². The van der Waals surface area contributed by atoms with E-state index in [0.717, 1.165) is 13.0 Å². The number of likely N-dealkylation sites (tertiary alicyclic amines) is 1.